The van der Waals surface area contributed by atoms with E-state index in [4.69, 9.17) is 14.7 Å². The smallest absolute Gasteiger partial charge is 0.280 e. The van der Waals surface area contributed by atoms with Crippen molar-refractivity contribution in [3.05, 3.63) is 63.7 Å². The van der Waals surface area contributed by atoms with Crippen LogP contribution in [0.4, 0.5) is 11.4 Å². The highest BCUT2D eigenvalue weighted by molar-refractivity contribution is 6.02. The number of fused-ring (bicyclic) bond motifs is 1. The predicted molar refractivity (Wildman–Crippen MR) is 92.6 cm³/mol. The number of nitro benzene ring substituents is 1. The molecule has 1 N–H and O–H groups in total. The predicted octanol–water partition coefficient (Wildman–Crippen LogP) is 3.04. The third-order valence-corrected chi connectivity index (χ3v) is 3.64. The van der Waals surface area contributed by atoms with Gasteiger partial charge in [-0.2, -0.15) is 5.26 Å². The molecule has 1 aliphatic heterocycles. The minimum absolute atomic E-state index is 0.00192. The SMILES string of the molecule is N#CCc1ccc(NC(=O)/C=C/c2cc3c(cc2[N+](=O)[O-])OCO3)cc1. The van der Waals surface area contributed by atoms with Crippen LogP contribution >= 0.6 is 0 Å². The summed E-state index contributed by atoms with van der Waals surface area (Å²) in [5.74, 6) is 0.254. The molecular weight excluding hydrogens is 338 g/mol. The molecule has 3 rings (SSSR count). The maximum Gasteiger partial charge on any atom is 0.280 e. The highest BCUT2D eigenvalue weighted by atomic mass is 16.7. The molecular formula is C18H13N3O5. The highest BCUT2D eigenvalue weighted by Gasteiger charge is 2.22. The molecule has 1 aliphatic rings. The van der Waals surface area contributed by atoms with Gasteiger partial charge < -0.3 is 14.8 Å². The average molecular weight is 351 g/mol. The lowest BCUT2D eigenvalue weighted by atomic mass is 10.1. The van der Waals surface area contributed by atoms with Crippen LogP contribution in [-0.4, -0.2) is 17.6 Å². The molecule has 0 aromatic heterocycles. The first kappa shape index (κ1) is 17.0. The molecule has 0 bridgehead atoms. The van der Waals surface area contributed by atoms with Crippen LogP contribution in [0.15, 0.2) is 42.5 Å². The third-order valence-electron chi connectivity index (χ3n) is 3.64. The van der Waals surface area contributed by atoms with Gasteiger partial charge in [-0.25, -0.2) is 0 Å². The van der Waals surface area contributed by atoms with Crippen molar-refractivity contribution in [2.75, 3.05) is 12.1 Å². The molecule has 2 aromatic carbocycles. The van der Waals surface area contributed by atoms with E-state index in [0.29, 0.717) is 23.6 Å². The standard InChI is InChI=1S/C18H13N3O5/c19-8-7-12-1-4-14(5-2-12)20-18(22)6-3-13-9-16-17(26-11-25-16)10-15(13)21(23)24/h1-6,9-10H,7,11H2,(H,20,22)/b6-3+. The topological polar surface area (TPSA) is 114 Å². The maximum atomic E-state index is 12.0. The van der Waals surface area contributed by atoms with Gasteiger partial charge in [0, 0.05) is 11.8 Å². The molecule has 26 heavy (non-hydrogen) atoms. The number of hydrogen-bond acceptors (Lipinski definition) is 6. The van der Waals surface area contributed by atoms with Crippen LogP contribution < -0.4 is 14.8 Å². The van der Waals surface area contributed by atoms with Crippen molar-refractivity contribution < 1.29 is 19.2 Å². The summed E-state index contributed by atoms with van der Waals surface area (Å²) in [7, 11) is 0. The summed E-state index contributed by atoms with van der Waals surface area (Å²) in [4.78, 5) is 22.7. The first-order valence-electron chi connectivity index (χ1n) is 7.60. The Labute approximate surface area is 148 Å². The second-order valence-corrected chi connectivity index (χ2v) is 5.38. The van der Waals surface area contributed by atoms with Crippen LogP contribution in [0.25, 0.3) is 6.08 Å². The zero-order valence-electron chi connectivity index (χ0n) is 13.5. The van der Waals surface area contributed by atoms with E-state index >= 15 is 0 Å². The normalized spacial score (nSPS) is 12.0. The Hall–Kier alpha value is -3.86. The summed E-state index contributed by atoms with van der Waals surface area (Å²) in [6, 6.07) is 11.6. The third kappa shape index (κ3) is 3.79. The van der Waals surface area contributed by atoms with E-state index in [1.54, 1.807) is 24.3 Å². The first-order chi connectivity index (χ1) is 12.6. The van der Waals surface area contributed by atoms with Gasteiger partial charge in [-0.05, 0) is 29.8 Å². The van der Waals surface area contributed by atoms with Crippen LogP contribution in [0.2, 0.25) is 0 Å². The molecule has 0 saturated carbocycles. The number of nitrogens with zero attached hydrogens (tertiary/aromatic N) is 2. The van der Waals surface area contributed by atoms with E-state index in [2.05, 4.69) is 5.32 Å². The van der Waals surface area contributed by atoms with Crippen LogP contribution in [0.1, 0.15) is 11.1 Å². The molecule has 130 valence electrons. The van der Waals surface area contributed by atoms with Gasteiger partial charge in [-0.1, -0.05) is 12.1 Å². The number of anilines is 1. The van der Waals surface area contributed by atoms with Crippen molar-refractivity contribution in [2.24, 2.45) is 0 Å². The molecule has 2 aromatic rings. The average Bonchev–Trinajstić information content (AvgIpc) is 3.08. The Balaban J connectivity index is 1.74. The van der Waals surface area contributed by atoms with Gasteiger partial charge in [0.2, 0.25) is 12.7 Å². The molecule has 0 aliphatic carbocycles. The number of hydrogen-bond donors (Lipinski definition) is 1. The van der Waals surface area contributed by atoms with Crippen LogP contribution in [-0.2, 0) is 11.2 Å². The number of amides is 1. The van der Waals surface area contributed by atoms with Crippen molar-refractivity contribution in [2.45, 2.75) is 6.42 Å². The van der Waals surface area contributed by atoms with E-state index in [1.165, 1.54) is 24.3 Å². The van der Waals surface area contributed by atoms with Crippen molar-refractivity contribution in [1.29, 1.82) is 5.26 Å². The van der Waals surface area contributed by atoms with Gasteiger partial charge in [0.15, 0.2) is 11.5 Å². The van der Waals surface area contributed by atoms with Gasteiger partial charge in [-0.15, -0.1) is 0 Å². The zero-order valence-corrected chi connectivity index (χ0v) is 13.5. The monoisotopic (exact) mass is 351 g/mol. The largest absolute Gasteiger partial charge is 0.454 e. The minimum atomic E-state index is -0.548. The van der Waals surface area contributed by atoms with Gasteiger partial charge >= 0.3 is 0 Å². The molecule has 0 atom stereocenters. The summed E-state index contributed by atoms with van der Waals surface area (Å²) < 4.78 is 10.3. The molecule has 0 spiro atoms. The summed E-state index contributed by atoms with van der Waals surface area (Å²) in [5.41, 5.74) is 1.46. The first-order valence-corrected chi connectivity index (χ1v) is 7.60. The Bertz CT molecular complexity index is 929. The fourth-order valence-corrected chi connectivity index (χ4v) is 2.39. The number of nitro groups is 1. The molecule has 1 heterocycles. The molecule has 1 amide bonds. The number of rotatable bonds is 5. The van der Waals surface area contributed by atoms with Crippen molar-refractivity contribution in [3.63, 3.8) is 0 Å². The molecule has 0 unspecified atom stereocenters. The quantitative estimate of drug-likeness (QED) is 0.503. The lowest BCUT2D eigenvalue weighted by Gasteiger charge is -2.03. The van der Waals surface area contributed by atoms with Crippen molar-refractivity contribution in [3.8, 4) is 17.6 Å². The molecule has 8 nitrogen and oxygen atoms in total. The fourth-order valence-electron chi connectivity index (χ4n) is 2.39. The Kier molecular flexibility index (Phi) is 4.80. The van der Waals surface area contributed by atoms with E-state index in [9.17, 15) is 14.9 Å². The second kappa shape index (κ2) is 7.36. The summed E-state index contributed by atoms with van der Waals surface area (Å²) >= 11 is 0. The van der Waals surface area contributed by atoms with Crippen LogP contribution in [0.5, 0.6) is 11.5 Å². The summed E-state index contributed by atoms with van der Waals surface area (Å²) in [6.07, 6.45) is 2.84. The minimum Gasteiger partial charge on any atom is -0.454 e. The zero-order chi connectivity index (χ0) is 18.5. The maximum absolute atomic E-state index is 12.0. The number of ether oxygens (including phenoxy) is 2. The van der Waals surface area contributed by atoms with Crippen molar-refractivity contribution >= 4 is 23.4 Å². The van der Waals surface area contributed by atoms with Gasteiger partial charge in [0.1, 0.15) is 0 Å². The number of carbonyl (C=O) groups excluding carboxylic acids is 1. The number of benzene rings is 2. The molecule has 0 radical (unpaired) electrons. The Morgan fingerprint density at radius 2 is 1.96 bits per heavy atom. The van der Waals surface area contributed by atoms with Crippen LogP contribution in [0, 0.1) is 21.4 Å². The summed E-state index contributed by atoms with van der Waals surface area (Å²) in [5, 5.41) is 22.5. The van der Waals surface area contributed by atoms with Gasteiger partial charge in [0.25, 0.3) is 5.69 Å². The number of carbonyl (C=O) groups is 1. The molecule has 8 heteroatoms. The summed E-state index contributed by atoms with van der Waals surface area (Å²) in [6.45, 7) is 0.00192. The van der Waals surface area contributed by atoms with E-state index in [0.717, 1.165) is 5.56 Å². The van der Waals surface area contributed by atoms with E-state index in [1.807, 2.05) is 6.07 Å². The van der Waals surface area contributed by atoms with E-state index in [-0.39, 0.29) is 18.0 Å². The second-order valence-electron chi connectivity index (χ2n) is 5.38. The molecule has 0 fully saturated rings. The van der Waals surface area contributed by atoms with Crippen LogP contribution in [0.3, 0.4) is 0 Å². The Morgan fingerprint density at radius 3 is 2.62 bits per heavy atom. The fraction of sp³-hybridized carbons (Fsp3) is 0.111. The Morgan fingerprint density at radius 1 is 1.27 bits per heavy atom. The number of nitrogens with one attached hydrogen (secondary N) is 1. The lowest BCUT2D eigenvalue weighted by molar-refractivity contribution is -0.385. The van der Waals surface area contributed by atoms with Gasteiger partial charge in [-0.3, -0.25) is 14.9 Å². The van der Waals surface area contributed by atoms with E-state index < -0.39 is 10.8 Å². The van der Waals surface area contributed by atoms with Crippen molar-refractivity contribution in [1.82, 2.24) is 0 Å². The number of nitriles is 1. The van der Waals surface area contributed by atoms with Gasteiger partial charge in [0.05, 0.1) is 29.0 Å². The highest BCUT2D eigenvalue weighted by Crippen LogP contribution is 2.38. The molecule has 0 saturated heterocycles. The lowest BCUT2D eigenvalue weighted by Crippen LogP contribution is -2.07.